The van der Waals surface area contributed by atoms with Gasteiger partial charge in [-0.3, -0.25) is 0 Å². The van der Waals surface area contributed by atoms with Crippen molar-refractivity contribution in [3.63, 3.8) is 0 Å². The number of allylic oxidation sites excluding steroid dienone is 2. The average molecular weight is 282 g/mol. The Morgan fingerprint density at radius 2 is 1.60 bits per heavy atom. The van der Waals surface area contributed by atoms with E-state index in [-0.39, 0.29) is 0 Å². The second-order valence-electron chi connectivity index (χ2n) is 4.66. The van der Waals surface area contributed by atoms with E-state index in [0.29, 0.717) is 6.61 Å². The standard InChI is InChI=1S/C16H26O4/c1-2-3-4-5-6-7-8-9-10-11-14-20-16(19)13-12-15(17)18/h5-6,12-13H,2-4,7-11,14H2,1H3,(H,17,18)/b6-5?,13-12-. The van der Waals surface area contributed by atoms with Crippen LogP contribution in [0.4, 0.5) is 0 Å². The Labute approximate surface area is 121 Å². The lowest BCUT2D eigenvalue weighted by molar-refractivity contribution is -0.138. The van der Waals surface area contributed by atoms with Gasteiger partial charge in [-0.1, -0.05) is 44.8 Å². The maximum Gasteiger partial charge on any atom is 0.331 e. The van der Waals surface area contributed by atoms with Gasteiger partial charge < -0.3 is 9.84 Å². The molecule has 0 rings (SSSR count). The summed E-state index contributed by atoms with van der Waals surface area (Å²) >= 11 is 0. The van der Waals surface area contributed by atoms with E-state index in [9.17, 15) is 9.59 Å². The van der Waals surface area contributed by atoms with Crippen molar-refractivity contribution in [3.05, 3.63) is 24.3 Å². The minimum atomic E-state index is -1.14. The van der Waals surface area contributed by atoms with Crippen molar-refractivity contribution < 1.29 is 19.4 Å². The first-order valence-corrected chi connectivity index (χ1v) is 7.39. The van der Waals surface area contributed by atoms with Gasteiger partial charge in [0.05, 0.1) is 6.61 Å². The van der Waals surface area contributed by atoms with Crippen LogP contribution in [0.5, 0.6) is 0 Å². The maximum atomic E-state index is 11.0. The SMILES string of the molecule is CCCCC=CCCCCCCOC(=O)/C=C\C(=O)O. The van der Waals surface area contributed by atoms with E-state index in [4.69, 9.17) is 9.84 Å². The van der Waals surface area contributed by atoms with Crippen LogP contribution in [-0.2, 0) is 14.3 Å². The third kappa shape index (κ3) is 14.5. The number of carboxylic acids is 1. The summed E-state index contributed by atoms with van der Waals surface area (Å²) in [6.07, 6.45) is 15.1. The van der Waals surface area contributed by atoms with Crippen molar-refractivity contribution in [2.75, 3.05) is 6.61 Å². The fraction of sp³-hybridized carbons (Fsp3) is 0.625. The lowest BCUT2D eigenvalue weighted by Gasteiger charge is -2.01. The number of hydrogen-bond donors (Lipinski definition) is 1. The zero-order chi connectivity index (χ0) is 15.1. The molecule has 0 spiro atoms. The summed E-state index contributed by atoms with van der Waals surface area (Å²) in [5, 5.41) is 8.32. The monoisotopic (exact) mass is 282 g/mol. The highest BCUT2D eigenvalue weighted by Crippen LogP contribution is 2.05. The number of hydrogen-bond acceptors (Lipinski definition) is 3. The first-order valence-electron chi connectivity index (χ1n) is 7.39. The predicted octanol–water partition coefficient (Wildman–Crippen LogP) is 3.87. The van der Waals surface area contributed by atoms with Crippen LogP contribution in [0.25, 0.3) is 0 Å². The Bertz CT molecular complexity index is 318. The quantitative estimate of drug-likeness (QED) is 0.255. The zero-order valence-electron chi connectivity index (χ0n) is 12.3. The summed E-state index contributed by atoms with van der Waals surface area (Å²) in [7, 11) is 0. The third-order valence-corrected chi connectivity index (χ3v) is 2.76. The fourth-order valence-electron chi connectivity index (χ4n) is 1.64. The molecule has 0 heterocycles. The van der Waals surface area contributed by atoms with Crippen LogP contribution >= 0.6 is 0 Å². The summed E-state index contributed by atoms with van der Waals surface area (Å²) in [5.74, 6) is -1.74. The van der Waals surface area contributed by atoms with Crippen molar-refractivity contribution in [2.45, 2.75) is 58.3 Å². The summed E-state index contributed by atoms with van der Waals surface area (Å²) in [6.45, 7) is 2.55. The van der Waals surface area contributed by atoms with Crippen LogP contribution in [-0.4, -0.2) is 23.7 Å². The number of carbonyl (C=O) groups is 2. The molecule has 0 saturated carbocycles. The van der Waals surface area contributed by atoms with E-state index < -0.39 is 11.9 Å². The zero-order valence-corrected chi connectivity index (χ0v) is 12.3. The van der Waals surface area contributed by atoms with E-state index in [0.717, 1.165) is 44.3 Å². The molecule has 0 amide bonds. The number of ether oxygens (including phenoxy) is 1. The molecular weight excluding hydrogens is 256 g/mol. The molecule has 0 radical (unpaired) electrons. The average Bonchev–Trinajstić information content (AvgIpc) is 2.42. The van der Waals surface area contributed by atoms with Gasteiger partial charge in [-0.25, -0.2) is 9.59 Å². The first kappa shape index (κ1) is 18.4. The molecule has 0 bridgehead atoms. The van der Waals surface area contributed by atoms with E-state index >= 15 is 0 Å². The van der Waals surface area contributed by atoms with Crippen LogP contribution in [0.2, 0.25) is 0 Å². The van der Waals surface area contributed by atoms with Crippen LogP contribution in [0.3, 0.4) is 0 Å². The summed E-state index contributed by atoms with van der Waals surface area (Å²) in [5.41, 5.74) is 0. The van der Waals surface area contributed by atoms with Crippen molar-refractivity contribution in [1.82, 2.24) is 0 Å². The Morgan fingerprint density at radius 1 is 0.950 bits per heavy atom. The lowest BCUT2D eigenvalue weighted by atomic mass is 10.1. The Hall–Kier alpha value is -1.58. The van der Waals surface area contributed by atoms with E-state index in [1.807, 2.05) is 0 Å². The van der Waals surface area contributed by atoms with Crippen molar-refractivity contribution in [2.24, 2.45) is 0 Å². The van der Waals surface area contributed by atoms with Crippen LogP contribution in [0.1, 0.15) is 58.3 Å². The Morgan fingerprint density at radius 3 is 2.25 bits per heavy atom. The molecule has 0 aromatic carbocycles. The van der Waals surface area contributed by atoms with Gasteiger partial charge in [-0.2, -0.15) is 0 Å². The highest BCUT2D eigenvalue weighted by molar-refractivity contribution is 5.90. The fourth-order valence-corrected chi connectivity index (χ4v) is 1.64. The largest absolute Gasteiger partial charge is 0.478 e. The second-order valence-corrected chi connectivity index (χ2v) is 4.66. The highest BCUT2D eigenvalue weighted by Gasteiger charge is 1.98. The molecule has 0 aliphatic heterocycles. The van der Waals surface area contributed by atoms with Crippen molar-refractivity contribution in [3.8, 4) is 0 Å². The minimum Gasteiger partial charge on any atom is -0.478 e. The smallest absolute Gasteiger partial charge is 0.331 e. The Kier molecular flexibility index (Phi) is 12.7. The molecule has 4 heteroatoms. The molecule has 0 saturated heterocycles. The van der Waals surface area contributed by atoms with Gasteiger partial charge in [0.2, 0.25) is 0 Å². The molecule has 0 aromatic rings. The molecule has 4 nitrogen and oxygen atoms in total. The van der Waals surface area contributed by atoms with Gasteiger partial charge in [0.1, 0.15) is 0 Å². The molecule has 0 aliphatic carbocycles. The van der Waals surface area contributed by atoms with Gasteiger partial charge >= 0.3 is 11.9 Å². The topological polar surface area (TPSA) is 63.6 Å². The van der Waals surface area contributed by atoms with Gasteiger partial charge in [0.25, 0.3) is 0 Å². The molecule has 0 fully saturated rings. The number of carboxylic acid groups (broad SMARTS) is 1. The van der Waals surface area contributed by atoms with Crippen LogP contribution in [0.15, 0.2) is 24.3 Å². The van der Waals surface area contributed by atoms with Gasteiger partial charge in [-0.05, 0) is 25.7 Å². The van der Waals surface area contributed by atoms with Crippen molar-refractivity contribution in [1.29, 1.82) is 0 Å². The maximum absolute atomic E-state index is 11.0. The number of unbranched alkanes of at least 4 members (excludes halogenated alkanes) is 6. The van der Waals surface area contributed by atoms with Crippen molar-refractivity contribution >= 4 is 11.9 Å². The molecular formula is C16H26O4. The second kappa shape index (κ2) is 13.8. The van der Waals surface area contributed by atoms with Gasteiger partial charge in [-0.15, -0.1) is 0 Å². The predicted molar refractivity (Wildman–Crippen MR) is 79.5 cm³/mol. The van der Waals surface area contributed by atoms with E-state index in [1.54, 1.807) is 0 Å². The summed E-state index contributed by atoms with van der Waals surface area (Å²) in [6, 6.07) is 0. The lowest BCUT2D eigenvalue weighted by Crippen LogP contribution is -2.03. The minimum absolute atomic E-state index is 0.356. The normalized spacial score (nSPS) is 11.2. The molecule has 0 aromatic heterocycles. The number of rotatable bonds is 12. The number of aliphatic carboxylic acids is 1. The third-order valence-electron chi connectivity index (χ3n) is 2.76. The van der Waals surface area contributed by atoms with Gasteiger partial charge in [0.15, 0.2) is 0 Å². The highest BCUT2D eigenvalue weighted by atomic mass is 16.5. The molecule has 114 valence electrons. The molecule has 0 atom stereocenters. The Balaban J connectivity index is 3.30. The summed E-state index contributed by atoms with van der Waals surface area (Å²) in [4.78, 5) is 21.2. The van der Waals surface area contributed by atoms with Gasteiger partial charge in [0, 0.05) is 12.2 Å². The number of esters is 1. The molecule has 0 unspecified atom stereocenters. The van der Waals surface area contributed by atoms with E-state index in [2.05, 4.69) is 19.1 Å². The van der Waals surface area contributed by atoms with Crippen LogP contribution < -0.4 is 0 Å². The summed E-state index contributed by atoms with van der Waals surface area (Å²) < 4.78 is 4.86. The molecule has 0 aliphatic rings. The molecule has 20 heavy (non-hydrogen) atoms. The van der Waals surface area contributed by atoms with E-state index in [1.165, 1.54) is 19.3 Å². The molecule has 1 N–H and O–H groups in total. The number of carbonyl (C=O) groups excluding carboxylic acids is 1. The van der Waals surface area contributed by atoms with Crippen LogP contribution in [0, 0.1) is 0 Å². The first-order chi connectivity index (χ1) is 9.66.